The van der Waals surface area contributed by atoms with E-state index in [9.17, 15) is 4.79 Å². The molecule has 5 heteroatoms. The molecule has 5 nitrogen and oxygen atoms in total. The molecule has 2 aromatic heterocycles. The van der Waals surface area contributed by atoms with Crippen molar-refractivity contribution < 1.29 is 9.53 Å². The van der Waals surface area contributed by atoms with Crippen LogP contribution < -0.4 is 10.1 Å². The standard InChI is InChI=1S/C21H19N3O2/c1-26-20-12-19(24-18-9-5-3-7-16(18)20)21(25)22-11-10-14-13-23-17-8-4-2-6-15(14)17/h2-9,12-13,23H,10-11H2,1H3,(H,22,25). The highest BCUT2D eigenvalue weighted by Gasteiger charge is 2.12. The van der Waals surface area contributed by atoms with E-state index in [0.717, 1.165) is 22.8 Å². The summed E-state index contributed by atoms with van der Waals surface area (Å²) in [4.78, 5) is 20.2. The maximum atomic E-state index is 12.5. The average Bonchev–Trinajstić information content (AvgIpc) is 3.10. The number of nitrogens with zero attached hydrogens (tertiary/aromatic N) is 1. The lowest BCUT2D eigenvalue weighted by Crippen LogP contribution is -2.26. The highest BCUT2D eigenvalue weighted by Crippen LogP contribution is 2.25. The van der Waals surface area contributed by atoms with Crippen molar-refractivity contribution in [3.63, 3.8) is 0 Å². The van der Waals surface area contributed by atoms with Gasteiger partial charge in [0.25, 0.3) is 5.91 Å². The van der Waals surface area contributed by atoms with Crippen LogP contribution in [0.5, 0.6) is 5.75 Å². The minimum absolute atomic E-state index is 0.200. The molecule has 0 fully saturated rings. The zero-order valence-electron chi connectivity index (χ0n) is 14.5. The van der Waals surface area contributed by atoms with Crippen LogP contribution in [0.1, 0.15) is 16.1 Å². The minimum Gasteiger partial charge on any atom is -0.496 e. The van der Waals surface area contributed by atoms with Gasteiger partial charge in [0.1, 0.15) is 11.4 Å². The molecule has 0 saturated heterocycles. The van der Waals surface area contributed by atoms with E-state index in [2.05, 4.69) is 21.4 Å². The second kappa shape index (κ2) is 6.88. The molecule has 26 heavy (non-hydrogen) atoms. The number of hydrogen-bond donors (Lipinski definition) is 2. The van der Waals surface area contributed by atoms with Crippen molar-refractivity contribution in [1.82, 2.24) is 15.3 Å². The Balaban J connectivity index is 1.49. The summed E-state index contributed by atoms with van der Waals surface area (Å²) in [5, 5.41) is 5.03. The summed E-state index contributed by atoms with van der Waals surface area (Å²) in [6, 6.07) is 17.5. The number of carbonyl (C=O) groups excluding carboxylic acids is 1. The molecule has 130 valence electrons. The van der Waals surface area contributed by atoms with Crippen molar-refractivity contribution in [2.24, 2.45) is 0 Å². The molecule has 0 spiro atoms. The number of H-pyrrole nitrogens is 1. The van der Waals surface area contributed by atoms with Gasteiger partial charge in [-0.1, -0.05) is 30.3 Å². The number of carbonyl (C=O) groups is 1. The van der Waals surface area contributed by atoms with Crippen LogP contribution in [0, 0.1) is 0 Å². The number of hydrogen-bond acceptors (Lipinski definition) is 3. The Morgan fingerprint density at radius 2 is 1.88 bits per heavy atom. The Morgan fingerprint density at radius 1 is 1.12 bits per heavy atom. The third kappa shape index (κ3) is 2.99. The smallest absolute Gasteiger partial charge is 0.270 e. The summed E-state index contributed by atoms with van der Waals surface area (Å²) < 4.78 is 5.41. The molecule has 4 rings (SSSR count). The summed E-state index contributed by atoms with van der Waals surface area (Å²) in [6.45, 7) is 0.539. The Hall–Kier alpha value is -3.34. The van der Waals surface area contributed by atoms with Gasteiger partial charge in [0.05, 0.1) is 12.6 Å². The summed E-state index contributed by atoms with van der Waals surface area (Å²) in [6.07, 6.45) is 2.74. The van der Waals surface area contributed by atoms with Crippen LogP contribution in [-0.2, 0) is 6.42 Å². The highest BCUT2D eigenvalue weighted by molar-refractivity contribution is 5.97. The van der Waals surface area contributed by atoms with E-state index in [-0.39, 0.29) is 5.91 Å². The number of benzene rings is 2. The van der Waals surface area contributed by atoms with Crippen LogP contribution in [0.2, 0.25) is 0 Å². The molecule has 2 N–H and O–H groups in total. The number of aromatic amines is 1. The minimum atomic E-state index is -0.200. The van der Waals surface area contributed by atoms with Crippen LogP contribution in [0.15, 0.2) is 60.8 Å². The molecule has 0 aliphatic heterocycles. The number of amides is 1. The molecule has 0 aliphatic carbocycles. The number of ether oxygens (including phenoxy) is 1. The molecule has 2 aromatic carbocycles. The number of nitrogens with one attached hydrogen (secondary N) is 2. The van der Waals surface area contributed by atoms with Gasteiger partial charge in [-0.15, -0.1) is 0 Å². The summed E-state index contributed by atoms with van der Waals surface area (Å²) in [7, 11) is 1.60. The Kier molecular flexibility index (Phi) is 4.27. The predicted octanol–water partition coefficient (Wildman–Crippen LogP) is 3.70. The monoisotopic (exact) mass is 345 g/mol. The van der Waals surface area contributed by atoms with E-state index < -0.39 is 0 Å². The zero-order chi connectivity index (χ0) is 17.9. The summed E-state index contributed by atoms with van der Waals surface area (Å²) >= 11 is 0. The number of pyridine rings is 1. The first-order valence-electron chi connectivity index (χ1n) is 8.53. The lowest BCUT2D eigenvalue weighted by atomic mass is 10.1. The molecule has 2 heterocycles. The van der Waals surface area contributed by atoms with Crippen molar-refractivity contribution >= 4 is 27.7 Å². The van der Waals surface area contributed by atoms with E-state index in [0.29, 0.717) is 18.0 Å². The Bertz CT molecular complexity index is 1080. The first-order chi connectivity index (χ1) is 12.8. The highest BCUT2D eigenvalue weighted by atomic mass is 16.5. The zero-order valence-corrected chi connectivity index (χ0v) is 14.5. The van der Waals surface area contributed by atoms with Gasteiger partial charge in [0.2, 0.25) is 0 Å². The fraction of sp³-hybridized carbons (Fsp3) is 0.143. The molecule has 1 amide bonds. The van der Waals surface area contributed by atoms with Gasteiger partial charge in [0, 0.05) is 35.1 Å². The molecule has 0 saturated carbocycles. The number of aromatic nitrogens is 2. The maximum Gasteiger partial charge on any atom is 0.270 e. The maximum absolute atomic E-state index is 12.5. The molecule has 0 radical (unpaired) electrons. The van der Waals surface area contributed by atoms with Crippen molar-refractivity contribution in [2.45, 2.75) is 6.42 Å². The predicted molar refractivity (Wildman–Crippen MR) is 103 cm³/mol. The molecule has 0 bridgehead atoms. The molecule has 0 aliphatic rings. The summed E-state index contributed by atoms with van der Waals surface area (Å²) in [5.74, 6) is 0.450. The van der Waals surface area contributed by atoms with Gasteiger partial charge in [-0.25, -0.2) is 4.98 Å². The quantitative estimate of drug-likeness (QED) is 0.580. The van der Waals surface area contributed by atoms with Crippen LogP contribution in [-0.4, -0.2) is 29.5 Å². The van der Waals surface area contributed by atoms with E-state index in [1.54, 1.807) is 13.2 Å². The number of methoxy groups -OCH3 is 1. The van der Waals surface area contributed by atoms with Crippen molar-refractivity contribution in [1.29, 1.82) is 0 Å². The number of para-hydroxylation sites is 2. The van der Waals surface area contributed by atoms with Crippen molar-refractivity contribution in [2.75, 3.05) is 13.7 Å². The average molecular weight is 345 g/mol. The van der Waals surface area contributed by atoms with Gasteiger partial charge >= 0.3 is 0 Å². The lowest BCUT2D eigenvalue weighted by molar-refractivity contribution is 0.0949. The fourth-order valence-electron chi connectivity index (χ4n) is 3.17. The Morgan fingerprint density at radius 3 is 2.73 bits per heavy atom. The third-order valence-electron chi connectivity index (χ3n) is 4.49. The number of fused-ring (bicyclic) bond motifs is 2. The second-order valence-corrected chi connectivity index (χ2v) is 6.09. The first-order valence-corrected chi connectivity index (χ1v) is 8.53. The third-order valence-corrected chi connectivity index (χ3v) is 4.49. The molecular formula is C21H19N3O2. The van der Waals surface area contributed by atoms with Crippen LogP contribution in [0.4, 0.5) is 0 Å². The largest absolute Gasteiger partial charge is 0.496 e. The fourth-order valence-corrected chi connectivity index (χ4v) is 3.17. The Labute approximate surface area is 151 Å². The normalized spacial score (nSPS) is 11.0. The van der Waals surface area contributed by atoms with Gasteiger partial charge in [-0.3, -0.25) is 4.79 Å². The number of rotatable bonds is 5. The van der Waals surface area contributed by atoms with Crippen LogP contribution >= 0.6 is 0 Å². The molecule has 0 atom stereocenters. The van der Waals surface area contributed by atoms with Gasteiger partial charge < -0.3 is 15.0 Å². The lowest BCUT2D eigenvalue weighted by Gasteiger charge is -2.09. The van der Waals surface area contributed by atoms with E-state index in [4.69, 9.17) is 4.74 Å². The van der Waals surface area contributed by atoms with Crippen molar-refractivity contribution in [3.05, 3.63) is 72.1 Å². The SMILES string of the molecule is COc1cc(C(=O)NCCc2c[nH]c3ccccc23)nc2ccccc12. The van der Waals surface area contributed by atoms with Crippen LogP contribution in [0.3, 0.4) is 0 Å². The second-order valence-electron chi connectivity index (χ2n) is 6.09. The van der Waals surface area contributed by atoms with Crippen LogP contribution in [0.25, 0.3) is 21.8 Å². The van der Waals surface area contributed by atoms with E-state index in [1.165, 1.54) is 10.9 Å². The van der Waals surface area contributed by atoms with Gasteiger partial charge in [-0.05, 0) is 30.2 Å². The summed E-state index contributed by atoms with van der Waals surface area (Å²) in [5.41, 5.74) is 3.40. The first kappa shape index (κ1) is 16.1. The van der Waals surface area contributed by atoms with Crippen molar-refractivity contribution in [3.8, 4) is 5.75 Å². The van der Waals surface area contributed by atoms with Gasteiger partial charge in [-0.2, -0.15) is 0 Å². The molecule has 4 aromatic rings. The molecular weight excluding hydrogens is 326 g/mol. The van der Waals surface area contributed by atoms with Gasteiger partial charge in [0.15, 0.2) is 0 Å². The topological polar surface area (TPSA) is 67.0 Å². The molecule has 0 unspecified atom stereocenters. The van der Waals surface area contributed by atoms with E-state index >= 15 is 0 Å². The van der Waals surface area contributed by atoms with E-state index in [1.807, 2.05) is 48.7 Å².